The zero-order valence-electron chi connectivity index (χ0n) is 8.60. The third-order valence-corrected chi connectivity index (χ3v) is 2.95. The second-order valence-electron chi connectivity index (χ2n) is 3.27. The van der Waals surface area contributed by atoms with Crippen LogP contribution in [0.15, 0.2) is 18.2 Å². The van der Waals surface area contributed by atoms with E-state index in [9.17, 15) is 9.18 Å². The smallest absolute Gasteiger partial charge is 0.224 e. The van der Waals surface area contributed by atoms with E-state index in [2.05, 4.69) is 21.2 Å². The van der Waals surface area contributed by atoms with Crippen molar-refractivity contribution in [1.29, 1.82) is 0 Å². The lowest BCUT2D eigenvalue weighted by molar-refractivity contribution is -0.120. The quantitative estimate of drug-likeness (QED) is 0.658. The SMILES string of the molecule is O=C(Cc1c(F)cccc1Cl)NCCCBr. The fraction of sp³-hybridized carbons (Fsp3) is 0.364. The Morgan fingerprint density at radius 3 is 2.88 bits per heavy atom. The molecule has 1 N–H and O–H groups in total. The van der Waals surface area contributed by atoms with Crippen LogP contribution in [0.3, 0.4) is 0 Å². The van der Waals surface area contributed by atoms with Crippen LogP contribution in [0.25, 0.3) is 0 Å². The Labute approximate surface area is 107 Å². The maximum atomic E-state index is 13.3. The summed E-state index contributed by atoms with van der Waals surface area (Å²) in [6.45, 7) is 0.580. The van der Waals surface area contributed by atoms with E-state index < -0.39 is 5.82 Å². The van der Waals surface area contributed by atoms with Crippen molar-refractivity contribution in [2.75, 3.05) is 11.9 Å². The maximum Gasteiger partial charge on any atom is 0.224 e. The van der Waals surface area contributed by atoms with Crippen LogP contribution in [0.5, 0.6) is 0 Å². The highest BCUT2D eigenvalue weighted by Gasteiger charge is 2.11. The number of nitrogens with one attached hydrogen (secondary N) is 1. The molecule has 1 aromatic rings. The van der Waals surface area contributed by atoms with Gasteiger partial charge in [-0.1, -0.05) is 33.6 Å². The summed E-state index contributed by atoms with van der Waals surface area (Å²) in [6, 6.07) is 4.39. The number of alkyl halides is 1. The van der Waals surface area contributed by atoms with Gasteiger partial charge >= 0.3 is 0 Å². The number of benzene rings is 1. The van der Waals surface area contributed by atoms with Gasteiger partial charge in [0.05, 0.1) is 6.42 Å². The molecule has 0 fully saturated rings. The number of hydrogen-bond acceptors (Lipinski definition) is 1. The maximum absolute atomic E-state index is 13.3. The van der Waals surface area contributed by atoms with Gasteiger partial charge in [0, 0.05) is 22.5 Å². The Kier molecular flexibility index (Phi) is 5.77. The number of halogens is 3. The highest BCUT2D eigenvalue weighted by Crippen LogP contribution is 2.19. The Bertz CT molecular complexity index is 353. The minimum atomic E-state index is -0.442. The van der Waals surface area contributed by atoms with Crippen molar-refractivity contribution < 1.29 is 9.18 Å². The fourth-order valence-corrected chi connectivity index (χ4v) is 1.73. The van der Waals surface area contributed by atoms with Crippen molar-refractivity contribution in [2.24, 2.45) is 0 Å². The first kappa shape index (κ1) is 13.5. The van der Waals surface area contributed by atoms with E-state index in [4.69, 9.17) is 11.6 Å². The van der Waals surface area contributed by atoms with E-state index in [1.54, 1.807) is 6.07 Å². The van der Waals surface area contributed by atoms with Crippen molar-refractivity contribution in [1.82, 2.24) is 5.32 Å². The van der Waals surface area contributed by atoms with Crippen molar-refractivity contribution in [3.8, 4) is 0 Å². The molecule has 0 saturated heterocycles. The molecule has 5 heteroatoms. The molecule has 1 aromatic carbocycles. The third-order valence-electron chi connectivity index (χ3n) is 2.03. The van der Waals surface area contributed by atoms with Gasteiger partial charge in [0.1, 0.15) is 5.82 Å². The Balaban J connectivity index is 2.56. The number of rotatable bonds is 5. The summed E-state index contributed by atoms with van der Waals surface area (Å²) < 4.78 is 13.3. The van der Waals surface area contributed by atoms with Crippen LogP contribution in [-0.2, 0) is 11.2 Å². The van der Waals surface area contributed by atoms with Crippen molar-refractivity contribution in [3.05, 3.63) is 34.6 Å². The number of carbonyl (C=O) groups excluding carboxylic acids is 1. The molecule has 0 spiro atoms. The average molecular weight is 309 g/mol. The predicted octanol–water partition coefficient (Wildman–Crippen LogP) is 2.92. The molecule has 0 aliphatic heterocycles. The fourth-order valence-electron chi connectivity index (χ4n) is 1.22. The lowest BCUT2D eigenvalue weighted by atomic mass is 10.1. The molecule has 0 heterocycles. The molecule has 0 bridgehead atoms. The largest absolute Gasteiger partial charge is 0.356 e. The lowest BCUT2D eigenvalue weighted by Crippen LogP contribution is -2.26. The Morgan fingerprint density at radius 2 is 2.25 bits per heavy atom. The molecule has 1 rings (SSSR count). The minimum Gasteiger partial charge on any atom is -0.356 e. The molecule has 0 saturated carbocycles. The van der Waals surface area contributed by atoms with E-state index in [1.165, 1.54) is 12.1 Å². The van der Waals surface area contributed by atoms with Gasteiger partial charge in [-0.25, -0.2) is 4.39 Å². The summed E-state index contributed by atoms with van der Waals surface area (Å²) in [4.78, 5) is 11.4. The molecular weight excluding hydrogens is 296 g/mol. The first-order valence-corrected chi connectivity index (χ1v) is 6.40. The second-order valence-corrected chi connectivity index (χ2v) is 4.47. The van der Waals surface area contributed by atoms with Gasteiger partial charge in [0.2, 0.25) is 5.91 Å². The van der Waals surface area contributed by atoms with Crippen molar-refractivity contribution in [2.45, 2.75) is 12.8 Å². The molecular formula is C11H12BrClFNO. The summed E-state index contributed by atoms with van der Waals surface area (Å²) >= 11 is 9.06. The van der Waals surface area contributed by atoms with Crippen molar-refractivity contribution >= 4 is 33.4 Å². The van der Waals surface area contributed by atoms with Gasteiger partial charge in [-0.05, 0) is 18.6 Å². The van der Waals surface area contributed by atoms with Gasteiger partial charge < -0.3 is 5.32 Å². The van der Waals surface area contributed by atoms with E-state index in [-0.39, 0.29) is 22.9 Å². The summed E-state index contributed by atoms with van der Waals surface area (Å²) in [6.07, 6.45) is 0.824. The molecule has 16 heavy (non-hydrogen) atoms. The molecule has 1 amide bonds. The first-order valence-electron chi connectivity index (χ1n) is 4.90. The Morgan fingerprint density at radius 1 is 1.50 bits per heavy atom. The van der Waals surface area contributed by atoms with Crippen LogP contribution in [-0.4, -0.2) is 17.8 Å². The summed E-state index contributed by atoms with van der Waals surface area (Å²) in [5, 5.41) is 3.81. The molecule has 2 nitrogen and oxygen atoms in total. The minimum absolute atomic E-state index is 0.0200. The second kappa shape index (κ2) is 6.86. The van der Waals surface area contributed by atoms with E-state index >= 15 is 0 Å². The molecule has 0 radical (unpaired) electrons. The number of carbonyl (C=O) groups is 1. The van der Waals surface area contributed by atoms with Gasteiger partial charge in [0.15, 0.2) is 0 Å². The van der Waals surface area contributed by atoms with E-state index in [1.807, 2.05) is 0 Å². The average Bonchev–Trinajstić information content (AvgIpc) is 2.24. The highest BCUT2D eigenvalue weighted by molar-refractivity contribution is 9.09. The monoisotopic (exact) mass is 307 g/mol. The topological polar surface area (TPSA) is 29.1 Å². The van der Waals surface area contributed by atoms with Crippen molar-refractivity contribution in [3.63, 3.8) is 0 Å². The zero-order valence-corrected chi connectivity index (χ0v) is 10.9. The standard InChI is InChI=1S/C11H12BrClFNO/c12-5-2-6-15-11(16)7-8-9(13)3-1-4-10(8)14/h1,3-4H,2,5-7H2,(H,15,16). The molecule has 0 atom stereocenters. The van der Waals surface area contributed by atoms with Gasteiger partial charge in [-0.15, -0.1) is 0 Å². The summed E-state index contributed by atoms with van der Waals surface area (Å²) in [5.41, 5.74) is 0.250. The summed E-state index contributed by atoms with van der Waals surface area (Å²) in [7, 11) is 0. The van der Waals surface area contributed by atoms with E-state index in [0.29, 0.717) is 6.54 Å². The highest BCUT2D eigenvalue weighted by atomic mass is 79.9. The molecule has 0 unspecified atom stereocenters. The van der Waals surface area contributed by atoms with Crippen LogP contribution in [0.1, 0.15) is 12.0 Å². The van der Waals surface area contributed by atoms with Crippen LogP contribution >= 0.6 is 27.5 Å². The molecule has 88 valence electrons. The molecule has 0 aromatic heterocycles. The third kappa shape index (κ3) is 4.10. The normalized spacial score (nSPS) is 10.2. The van der Waals surface area contributed by atoms with Crippen LogP contribution < -0.4 is 5.32 Å². The molecule has 0 aliphatic carbocycles. The summed E-state index contributed by atoms with van der Waals surface area (Å²) in [5.74, 6) is -0.656. The van der Waals surface area contributed by atoms with Crippen LogP contribution in [0, 0.1) is 5.82 Å². The Hall–Kier alpha value is -0.610. The van der Waals surface area contributed by atoms with Gasteiger partial charge in [-0.3, -0.25) is 4.79 Å². The van der Waals surface area contributed by atoms with E-state index in [0.717, 1.165) is 11.8 Å². The van der Waals surface area contributed by atoms with Gasteiger partial charge in [0.25, 0.3) is 0 Å². The first-order chi connectivity index (χ1) is 7.65. The lowest BCUT2D eigenvalue weighted by Gasteiger charge is -2.06. The van der Waals surface area contributed by atoms with Crippen LogP contribution in [0.4, 0.5) is 4.39 Å². The number of amides is 1. The molecule has 0 aliphatic rings. The van der Waals surface area contributed by atoms with Crippen LogP contribution in [0.2, 0.25) is 5.02 Å². The predicted molar refractivity (Wildman–Crippen MR) is 66.5 cm³/mol. The zero-order chi connectivity index (χ0) is 12.0. The number of hydrogen-bond donors (Lipinski definition) is 1. The van der Waals surface area contributed by atoms with Gasteiger partial charge in [-0.2, -0.15) is 0 Å².